The lowest BCUT2D eigenvalue weighted by Gasteiger charge is -2.37. The molecule has 6 heterocycles. The molecular weight excluding hydrogens is 953 g/mol. The Hall–Kier alpha value is -6.32. The number of aryl methyl sites for hydroxylation is 1. The quantitative estimate of drug-likeness (QED) is 0.126. The summed E-state index contributed by atoms with van der Waals surface area (Å²) in [5.74, 6) is 2.75. The van der Waals surface area contributed by atoms with E-state index in [9.17, 15) is 29.1 Å². The lowest BCUT2D eigenvalue weighted by atomic mass is 9.84. The van der Waals surface area contributed by atoms with E-state index in [-0.39, 0.29) is 67.8 Å². The normalized spacial score (nSPS) is 23.2. The van der Waals surface area contributed by atoms with E-state index in [0.29, 0.717) is 69.7 Å². The molecule has 7 atom stereocenters. The van der Waals surface area contributed by atoms with E-state index in [0.717, 1.165) is 39.0 Å². The van der Waals surface area contributed by atoms with E-state index in [4.69, 9.17) is 19.2 Å². The topological polar surface area (TPSA) is 188 Å². The van der Waals surface area contributed by atoms with Gasteiger partial charge in [-0.2, -0.15) is 0 Å². The second-order valence-electron chi connectivity index (χ2n) is 22.1. The molecule has 17 heteroatoms. The fourth-order valence-corrected chi connectivity index (χ4v) is 11.5. The van der Waals surface area contributed by atoms with E-state index < -0.39 is 47.2 Å². The van der Waals surface area contributed by atoms with Crippen molar-refractivity contribution in [3.05, 3.63) is 71.5 Å². The number of carbonyl (C=O) groups is 5. The first kappa shape index (κ1) is 54.9. The highest BCUT2D eigenvalue weighted by molar-refractivity contribution is 5.97. The number of hydrogen-bond acceptors (Lipinski definition) is 12. The smallest absolute Gasteiger partial charge is 0.324 e. The Kier molecular flexibility index (Phi) is 17.1. The highest BCUT2D eigenvalue weighted by atomic mass is 16.5. The number of likely N-dealkylation sites (tertiary alicyclic amines) is 1. The number of nitrogens with zero attached hydrogens (tertiary/aromatic N) is 6. The molecule has 6 bridgehead atoms. The van der Waals surface area contributed by atoms with Gasteiger partial charge in [-0.1, -0.05) is 45.7 Å². The van der Waals surface area contributed by atoms with Gasteiger partial charge < -0.3 is 39.0 Å². The molecule has 3 saturated heterocycles. The van der Waals surface area contributed by atoms with Gasteiger partial charge in [-0.25, -0.2) is 5.43 Å². The minimum atomic E-state index is -1.18. The molecule has 3 fully saturated rings. The Morgan fingerprint density at radius 3 is 2.51 bits per heavy atom. The SMILES string of the molecule is CCn1c(-c2cccnc2[C@H](C)OC)c2c3cc(ccc31)-c1cc(O)cc(c1)C[C@H](NC(=O)[C@H](C(C)C)N(C)C(=O)[C@H]1CCN(C(=O)C#CCN3[C@H](C)COC[C@@H]3C)C1)C(=O)N1CCC[C@H](N1)C(=O)OCC(C)(C)C2. The van der Waals surface area contributed by atoms with Gasteiger partial charge in [-0.3, -0.25) is 38.9 Å². The fraction of sp³-hybridized carbons (Fsp3) is 0.552. The third-order valence-electron chi connectivity index (χ3n) is 15.5. The number of benzene rings is 2. The number of ether oxygens (including phenoxy) is 3. The third-order valence-corrected chi connectivity index (χ3v) is 15.5. The van der Waals surface area contributed by atoms with Crippen molar-refractivity contribution < 1.29 is 43.3 Å². The monoisotopic (exact) mass is 1030 g/mol. The van der Waals surface area contributed by atoms with E-state index >= 15 is 0 Å². The Morgan fingerprint density at radius 1 is 1.03 bits per heavy atom. The molecule has 3 N–H and O–H groups in total. The first-order chi connectivity index (χ1) is 35.8. The van der Waals surface area contributed by atoms with Crippen molar-refractivity contribution in [3.63, 3.8) is 0 Å². The number of methoxy groups -OCH3 is 1. The number of phenolic OH excluding ortho intramolecular Hbond substituents is 1. The minimum absolute atomic E-state index is 0.0167. The first-order valence-corrected chi connectivity index (χ1v) is 26.7. The van der Waals surface area contributed by atoms with Crippen LogP contribution in [0.3, 0.4) is 0 Å². The number of esters is 1. The molecule has 2 aromatic heterocycles. The lowest BCUT2D eigenvalue weighted by molar-refractivity contribution is -0.155. The first-order valence-electron chi connectivity index (χ1n) is 26.7. The molecule has 4 aromatic rings. The Balaban J connectivity index is 1.10. The van der Waals surface area contributed by atoms with E-state index in [1.54, 1.807) is 37.4 Å². The molecule has 4 amide bonds. The molecular formula is C58H76N8O9. The van der Waals surface area contributed by atoms with Crippen LogP contribution < -0.4 is 10.7 Å². The van der Waals surface area contributed by atoms with Crippen molar-refractivity contribution in [1.82, 2.24) is 40.0 Å². The van der Waals surface area contributed by atoms with Crippen LogP contribution in [-0.4, -0.2) is 154 Å². The largest absolute Gasteiger partial charge is 0.508 e. The summed E-state index contributed by atoms with van der Waals surface area (Å²) in [6.07, 6.45) is 3.35. The molecule has 4 aliphatic heterocycles. The highest BCUT2D eigenvalue weighted by Crippen LogP contribution is 2.42. The number of pyridine rings is 1. The summed E-state index contributed by atoms with van der Waals surface area (Å²) in [4.78, 5) is 81.2. The molecule has 0 radical (unpaired) electrons. The van der Waals surface area contributed by atoms with Crippen molar-refractivity contribution in [1.29, 1.82) is 0 Å². The molecule has 0 unspecified atom stereocenters. The maximum absolute atomic E-state index is 14.9. The summed E-state index contributed by atoms with van der Waals surface area (Å²) in [5, 5.41) is 16.8. The van der Waals surface area contributed by atoms with Gasteiger partial charge >= 0.3 is 5.97 Å². The zero-order valence-corrected chi connectivity index (χ0v) is 45.4. The van der Waals surface area contributed by atoms with Gasteiger partial charge in [0.25, 0.3) is 11.8 Å². The maximum Gasteiger partial charge on any atom is 0.324 e. The summed E-state index contributed by atoms with van der Waals surface area (Å²) in [7, 11) is 3.26. The van der Waals surface area contributed by atoms with Crippen molar-refractivity contribution in [2.24, 2.45) is 17.3 Å². The average molecular weight is 1030 g/mol. The standard InChI is InChI=1S/C58H76N8O9/c1-11-64-49-19-18-40-29-45(49)46(53(64)44-15-12-21-59-51(44)38(6)73-10)30-58(7,8)34-75-57(72)47-16-13-23-66(61-47)56(71)48(27-39-25-42(40)28-43(67)26-39)60-54(69)52(35(2)3)62(9)55(70)41-20-24-63(31-41)50(68)17-14-22-65-36(4)32-74-33-37(65)5/h12,15,18-19,21,25-26,28-29,35-38,41,47-48,52,61,67H,11,13,16,20,22-24,27,30-34H2,1-10H3,(H,60,69)/t36-,37+,38-,41-,47-,48-,52-/m0/s1. The number of aromatic nitrogens is 2. The van der Waals surface area contributed by atoms with E-state index in [2.05, 4.69) is 84.9 Å². The van der Waals surface area contributed by atoms with Gasteiger partial charge in [-0.15, -0.1) is 0 Å². The van der Waals surface area contributed by atoms with Crippen LogP contribution in [0.2, 0.25) is 0 Å². The average Bonchev–Trinajstić information content (AvgIpc) is 4.01. The summed E-state index contributed by atoms with van der Waals surface area (Å²) >= 11 is 0. The van der Waals surface area contributed by atoms with Crippen LogP contribution in [0.1, 0.15) is 97.6 Å². The predicted octanol–water partition coefficient (Wildman–Crippen LogP) is 5.90. The van der Waals surface area contributed by atoms with Crippen LogP contribution in [-0.2, 0) is 57.6 Å². The van der Waals surface area contributed by atoms with E-state index in [1.165, 1.54) is 9.91 Å². The molecule has 0 aliphatic carbocycles. The second-order valence-corrected chi connectivity index (χ2v) is 22.1. The second kappa shape index (κ2) is 23.3. The molecule has 8 rings (SSSR count). The molecule has 4 aliphatic rings. The number of amides is 4. The number of likely N-dealkylation sites (N-methyl/N-ethyl adjacent to an activating group) is 1. The van der Waals surface area contributed by atoms with E-state index in [1.807, 2.05) is 39.0 Å². The number of hydrogen-bond donors (Lipinski definition) is 3. The lowest BCUT2D eigenvalue weighted by Crippen LogP contribution is -2.62. The maximum atomic E-state index is 14.9. The van der Waals surface area contributed by atoms with Crippen LogP contribution in [0, 0.1) is 29.1 Å². The number of cyclic esters (lactones) is 1. The summed E-state index contributed by atoms with van der Waals surface area (Å²) in [6, 6.07) is 12.8. The van der Waals surface area contributed by atoms with Crippen LogP contribution in [0.4, 0.5) is 0 Å². The van der Waals surface area contributed by atoms with Crippen molar-refractivity contribution in [2.75, 3.05) is 60.2 Å². The fourth-order valence-electron chi connectivity index (χ4n) is 11.5. The van der Waals surface area contributed by atoms with Crippen molar-refractivity contribution in [2.45, 2.75) is 130 Å². The number of fused-ring (bicyclic) bond motifs is 6. The van der Waals surface area contributed by atoms with Crippen LogP contribution in [0.5, 0.6) is 5.75 Å². The van der Waals surface area contributed by atoms with Gasteiger partial charge in [0.1, 0.15) is 23.9 Å². The Labute approximate surface area is 441 Å². The van der Waals surface area contributed by atoms with Crippen LogP contribution in [0.15, 0.2) is 54.7 Å². The third kappa shape index (κ3) is 12.0. The van der Waals surface area contributed by atoms with Gasteiger partial charge in [0, 0.05) is 86.9 Å². The van der Waals surface area contributed by atoms with Gasteiger partial charge in [0.15, 0.2) is 0 Å². The minimum Gasteiger partial charge on any atom is -0.508 e. The highest BCUT2D eigenvalue weighted by Gasteiger charge is 2.40. The summed E-state index contributed by atoms with van der Waals surface area (Å²) < 4.78 is 19.9. The number of rotatable bonds is 10. The molecule has 17 nitrogen and oxygen atoms in total. The number of hydrazine groups is 1. The summed E-state index contributed by atoms with van der Waals surface area (Å²) in [6.45, 7) is 19.3. The Bertz CT molecular complexity index is 2840. The number of nitrogens with one attached hydrogen (secondary N) is 2. The number of morpholine rings is 1. The zero-order chi connectivity index (χ0) is 53.9. The molecule has 0 spiro atoms. The molecule has 75 heavy (non-hydrogen) atoms. The van der Waals surface area contributed by atoms with Crippen LogP contribution >= 0.6 is 0 Å². The molecule has 0 saturated carbocycles. The Morgan fingerprint density at radius 2 is 1.79 bits per heavy atom. The van der Waals surface area contributed by atoms with Crippen molar-refractivity contribution in [3.8, 4) is 40.0 Å². The molecule has 2 aromatic carbocycles. The van der Waals surface area contributed by atoms with Gasteiger partial charge in [-0.05, 0) is 124 Å². The molecule has 402 valence electrons. The number of phenols is 1. The number of aromatic hydroxyl groups is 1. The zero-order valence-electron chi connectivity index (χ0n) is 45.4. The number of carbonyl (C=O) groups excluding carboxylic acids is 5. The predicted molar refractivity (Wildman–Crippen MR) is 286 cm³/mol. The van der Waals surface area contributed by atoms with Crippen molar-refractivity contribution >= 4 is 40.5 Å². The van der Waals surface area contributed by atoms with Gasteiger partial charge in [0.05, 0.1) is 49.8 Å². The van der Waals surface area contributed by atoms with Gasteiger partial charge in [0.2, 0.25) is 11.8 Å². The summed E-state index contributed by atoms with van der Waals surface area (Å²) in [5.41, 5.74) is 9.51. The van der Waals surface area contributed by atoms with Crippen LogP contribution in [0.25, 0.3) is 33.3 Å².